The van der Waals surface area contributed by atoms with Crippen molar-refractivity contribution in [3.63, 3.8) is 0 Å². The van der Waals surface area contributed by atoms with Gasteiger partial charge in [0.1, 0.15) is 0 Å². The van der Waals surface area contributed by atoms with E-state index in [1.165, 1.54) is 32.1 Å². The highest BCUT2D eigenvalue weighted by Gasteiger charge is 2.01. The lowest BCUT2D eigenvalue weighted by molar-refractivity contribution is 0.523. The molecule has 1 aromatic carbocycles. The Balaban J connectivity index is 1.79. The van der Waals surface area contributed by atoms with Crippen molar-refractivity contribution in [1.29, 1.82) is 0 Å². The topological polar surface area (TPSA) is 50.9 Å². The van der Waals surface area contributed by atoms with E-state index in [4.69, 9.17) is 5.73 Å². The van der Waals surface area contributed by atoms with Gasteiger partial charge < -0.3 is 11.1 Å². The van der Waals surface area contributed by atoms with Crippen LogP contribution in [0.15, 0.2) is 30.5 Å². The second-order valence-corrected chi connectivity index (χ2v) is 6.16. The Bertz CT molecular complexity index is 563. The van der Waals surface area contributed by atoms with Crippen molar-refractivity contribution in [2.75, 3.05) is 17.6 Å². The fourth-order valence-corrected chi connectivity index (χ4v) is 2.57. The average Bonchev–Trinajstić information content (AvgIpc) is 2.45. The van der Waals surface area contributed by atoms with E-state index in [0.29, 0.717) is 0 Å². The van der Waals surface area contributed by atoms with Gasteiger partial charge in [-0.25, -0.2) is 0 Å². The third-order valence-electron chi connectivity index (χ3n) is 3.79. The van der Waals surface area contributed by atoms with Crippen LogP contribution in [0.5, 0.6) is 0 Å². The first kappa shape index (κ1) is 15.6. The van der Waals surface area contributed by atoms with Gasteiger partial charge in [-0.15, -0.1) is 0 Å². The second-order valence-electron chi connectivity index (χ2n) is 6.16. The van der Waals surface area contributed by atoms with Crippen LogP contribution in [0.1, 0.15) is 46.0 Å². The SMILES string of the molecule is CC(C)CCCCCCNc1ccnc2cc(N)ccc12. The number of nitrogens with one attached hydrogen (secondary N) is 1. The number of hydrogen-bond donors (Lipinski definition) is 2. The predicted octanol–water partition coefficient (Wildman–Crippen LogP) is 4.84. The van der Waals surface area contributed by atoms with Crippen LogP contribution >= 0.6 is 0 Å². The molecule has 114 valence electrons. The van der Waals surface area contributed by atoms with Crippen LogP contribution in [-0.4, -0.2) is 11.5 Å². The Morgan fingerprint density at radius 2 is 1.90 bits per heavy atom. The molecule has 1 heterocycles. The van der Waals surface area contributed by atoms with Gasteiger partial charge in [-0.05, 0) is 36.6 Å². The van der Waals surface area contributed by atoms with E-state index in [9.17, 15) is 0 Å². The normalized spacial score (nSPS) is 11.2. The fourth-order valence-electron chi connectivity index (χ4n) is 2.57. The molecule has 0 fully saturated rings. The zero-order valence-electron chi connectivity index (χ0n) is 13.2. The first-order valence-corrected chi connectivity index (χ1v) is 8.05. The molecule has 0 radical (unpaired) electrons. The van der Waals surface area contributed by atoms with Crippen molar-refractivity contribution in [2.45, 2.75) is 46.0 Å². The van der Waals surface area contributed by atoms with Crippen LogP contribution in [-0.2, 0) is 0 Å². The zero-order valence-corrected chi connectivity index (χ0v) is 13.2. The summed E-state index contributed by atoms with van der Waals surface area (Å²) in [5.41, 5.74) is 8.67. The highest BCUT2D eigenvalue weighted by Crippen LogP contribution is 2.23. The first-order chi connectivity index (χ1) is 10.2. The van der Waals surface area contributed by atoms with Gasteiger partial charge in [-0.3, -0.25) is 4.98 Å². The zero-order chi connectivity index (χ0) is 15.1. The molecule has 3 N–H and O–H groups in total. The van der Waals surface area contributed by atoms with E-state index in [2.05, 4.69) is 24.1 Å². The molecule has 0 spiro atoms. The van der Waals surface area contributed by atoms with Crippen LogP contribution in [0, 0.1) is 5.92 Å². The van der Waals surface area contributed by atoms with E-state index in [0.717, 1.165) is 34.7 Å². The van der Waals surface area contributed by atoms with Crippen LogP contribution < -0.4 is 11.1 Å². The van der Waals surface area contributed by atoms with E-state index in [-0.39, 0.29) is 0 Å². The minimum atomic E-state index is 0.761. The van der Waals surface area contributed by atoms with Gasteiger partial charge >= 0.3 is 0 Å². The summed E-state index contributed by atoms with van der Waals surface area (Å²) in [6.45, 7) is 5.61. The molecule has 0 bridgehead atoms. The van der Waals surface area contributed by atoms with Crippen molar-refractivity contribution < 1.29 is 0 Å². The van der Waals surface area contributed by atoms with Crippen molar-refractivity contribution in [2.24, 2.45) is 5.92 Å². The number of rotatable bonds is 8. The summed E-state index contributed by atoms with van der Waals surface area (Å²) >= 11 is 0. The summed E-state index contributed by atoms with van der Waals surface area (Å²) in [5.74, 6) is 0.832. The van der Waals surface area contributed by atoms with E-state index < -0.39 is 0 Å². The summed E-state index contributed by atoms with van der Waals surface area (Å²) in [7, 11) is 0. The summed E-state index contributed by atoms with van der Waals surface area (Å²) in [6.07, 6.45) is 8.41. The molecule has 0 atom stereocenters. The molecule has 2 rings (SSSR count). The Morgan fingerprint density at radius 1 is 1.10 bits per heavy atom. The molecule has 3 heteroatoms. The molecule has 0 saturated carbocycles. The molecule has 0 aliphatic heterocycles. The number of nitrogen functional groups attached to an aromatic ring is 1. The van der Waals surface area contributed by atoms with Crippen molar-refractivity contribution >= 4 is 22.3 Å². The van der Waals surface area contributed by atoms with Crippen molar-refractivity contribution in [3.8, 4) is 0 Å². The quantitative estimate of drug-likeness (QED) is 0.539. The summed E-state index contributed by atoms with van der Waals surface area (Å²) in [6, 6.07) is 7.94. The molecule has 3 nitrogen and oxygen atoms in total. The first-order valence-electron chi connectivity index (χ1n) is 8.05. The van der Waals surface area contributed by atoms with Gasteiger partial charge in [0.05, 0.1) is 5.52 Å². The molecule has 2 aromatic rings. The molecule has 0 amide bonds. The maximum atomic E-state index is 5.80. The number of pyridine rings is 1. The smallest absolute Gasteiger partial charge is 0.0743 e. The molecule has 1 aromatic heterocycles. The highest BCUT2D eigenvalue weighted by atomic mass is 14.9. The number of anilines is 2. The minimum Gasteiger partial charge on any atom is -0.399 e. The van der Waals surface area contributed by atoms with Gasteiger partial charge in [0.2, 0.25) is 0 Å². The molecule has 0 unspecified atom stereocenters. The van der Waals surface area contributed by atoms with E-state index >= 15 is 0 Å². The highest BCUT2D eigenvalue weighted by molar-refractivity contribution is 5.92. The van der Waals surface area contributed by atoms with Gasteiger partial charge in [0, 0.05) is 29.5 Å². The molecule has 0 aliphatic rings. The molecule has 0 saturated heterocycles. The number of fused-ring (bicyclic) bond motifs is 1. The predicted molar refractivity (Wildman–Crippen MR) is 92.6 cm³/mol. The third kappa shape index (κ3) is 4.92. The summed E-state index contributed by atoms with van der Waals surface area (Å²) < 4.78 is 0. The summed E-state index contributed by atoms with van der Waals surface area (Å²) in [4.78, 5) is 4.37. The molecule has 0 aliphatic carbocycles. The van der Waals surface area contributed by atoms with Crippen LogP contribution in [0.25, 0.3) is 10.9 Å². The lowest BCUT2D eigenvalue weighted by atomic mass is 10.0. The number of hydrogen-bond acceptors (Lipinski definition) is 3. The summed E-state index contributed by atoms with van der Waals surface area (Å²) in [5, 5.41) is 4.67. The fraction of sp³-hybridized carbons (Fsp3) is 0.500. The monoisotopic (exact) mass is 285 g/mol. The number of nitrogens with two attached hydrogens (primary N) is 1. The lowest BCUT2D eigenvalue weighted by Gasteiger charge is -2.10. The Kier molecular flexibility index (Phi) is 5.85. The van der Waals surface area contributed by atoms with Gasteiger partial charge in [-0.2, -0.15) is 0 Å². The standard InChI is InChI=1S/C18H27N3/c1-14(2)7-5-3-4-6-11-20-17-10-12-21-18-13-15(19)8-9-16(17)18/h8-10,12-14H,3-7,11,19H2,1-2H3,(H,20,21). The van der Waals surface area contributed by atoms with Crippen molar-refractivity contribution in [3.05, 3.63) is 30.5 Å². The minimum absolute atomic E-state index is 0.761. The molecular formula is C18H27N3. The van der Waals surface area contributed by atoms with Crippen LogP contribution in [0.3, 0.4) is 0 Å². The second kappa shape index (κ2) is 7.87. The largest absolute Gasteiger partial charge is 0.399 e. The number of nitrogens with zero attached hydrogens (tertiary/aromatic N) is 1. The number of unbranched alkanes of at least 4 members (excludes halogenated alkanes) is 3. The van der Waals surface area contributed by atoms with Crippen LogP contribution in [0.4, 0.5) is 11.4 Å². The van der Waals surface area contributed by atoms with Gasteiger partial charge in [0.15, 0.2) is 0 Å². The maximum absolute atomic E-state index is 5.80. The molecule has 21 heavy (non-hydrogen) atoms. The Hall–Kier alpha value is -1.77. The average molecular weight is 285 g/mol. The van der Waals surface area contributed by atoms with E-state index in [1.807, 2.05) is 30.5 Å². The van der Waals surface area contributed by atoms with Gasteiger partial charge in [0.25, 0.3) is 0 Å². The Labute approximate surface area is 128 Å². The van der Waals surface area contributed by atoms with E-state index in [1.54, 1.807) is 0 Å². The number of benzene rings is 1. The van der Waals surface area contributed by atoms with Gasteiger partial charge in [-0.1, -0.05) is 39.5 Å². The maximum Gasteiger partial charge on any atom is 0.0743 e. The molecular weight excluding hydrogens is 258 g/mol. The Morgan fingerprint density at radius 3 is 2.71 bits per heavy atom. The van der Waals surface area contributed by atoms with Crippen molar-refractivity contribution in [1.82, 2.24) is 4.98 Å². The number of aromatic nitrogens is 1. The van der Waals surface area contributed by atoms with Crippen LogP contribution in [0.2, 0.25) is 0 Å². The third-order valence-corrected chi connectivity index (χ3v) is 3.79. The lowest BCUT2D eigenvalue weighted by Crippen LogP contribution is -2.02.